The molecule has 18 heavy (non-hydrogen) atoms. The third-order valence-corrected chi connectivity index (χ3v) is 4.02. The van der Waals surface area contributed by atoms with Crippen LogP contribution in [0.5, 0.6) is 0 Å². The average Bonchev–Trinajstić information content (AvgIpc) is 2.23. The molecule has 1 aliphatic rings. The van der Waals surface area contributed by atoms with Gasteiger partial charge in [0.05, 0.1) is 5.56 Å². The van der Waals surface area contributed by atoms with E-state index in [1.807, 2.05) is 22.6 Å². The molecule has 3 nitrogen and oxygen atoms in total. The molecule has 1 aliphatic carbocycles. The molecule has 1 aromatic rings. The second-order valence-electron chi connectivity index (χ2n) is 4.52. The molecule has 1 saturated carbocycles. The van der Waals surface area contributed by atoms with Gasteiger partial charge in [0.1, 0.15) is 5.82 Å². The summed E-state index contributed by atoms with van der Waals surface area (Å²) in [6.07, 6.45) is 3.03. The summed E-state index contributed by atoms with van der Waals surface area (Å²) >= 11 is 1.95. The number of hydrogen-bond donors (Lipinski definition) is 2. The van der Waals surface area contributed by atoms with Gasteiger partial charge in [0.2, 0.25) is 0 Å². The first-order valence-electron chi connectivity index (χ1n) is 5.52. The van der Waals surface area contributed by atoms with Crippen molar-refractivity contribution < 1.29 is 9.18 Å². The minimum Gasteiger partial charge on any atom is -0.350 e. The molecular weight excluding hydrogens is 370 g/mol. The lowest BCUT2D eigenvalue weighted by Gasteiger charge is -2.38. The third kappa shape index (κ3) is 3.55. The Morgan fingerprint density at radius 2 is 2.17 bits per heavy atom. The number of carbonyl (C=O) groups is 1. The maximum absolute atomic E-state index is 12.9. The fourth-order valence-electron chi connectivity index (χ4n) is 1.83. The molecule has 0 heterocycles. The Morgan fingerprint density at radius 1 is 1.50 bits per heavy atom. The molecule has 0 saturated heterocycles. The highest BCUT2D eigenvalue weighted by molar-refractivity contribution is 14.1. The van der Waals surface area contributed by atoms with E-state index in [1.54, 1.807) is 0 Å². The van der Waals surface area contributed by atoms with Gasteiger partial charge in [-0.25, -0.2) is 4.39 Å². The molecule has 3 N–H and O–H groups in total. The molecule has 6 heteroatoms. The largest absolute Gasteiger partial charge is 0.350 e. The molecule has 100 valence electrons. The second-order valence-corrected chi connectivity index (χ2v) is 5.68. The maximum Gasteiger partial charge on any atom is 0.252 e. The van der Waals surface area contributed by atoms with E-state index in [9.17, 15) is 9.18 Å². The number of carbonyl (C=O) groups excluding carboxylic acids is 1. The van der Waals surface area contributed by atoms with E-state index in [4.69, 9.17) is 5.73 Å². The lowest BCUT2D eigenvalue weighted by molar-refractivity contribution is 0.0929. The minimum absolute atomic E-state index is 0. The summed E-state index contributed by atoms with van der Waals surface area (Å²) < 4.78 is 13.5. The van der Waals surface area contributed by atoms with Gasteiger partial charge < -0.3 is 11.1 Å². The van der Waals surface area contributed by atoms with Gasteiger partial charge >= 0.3 is 0 Å². The van der Waals surface area contributed by atoms with Crippen molar-refractivity contribution in [2.24, 2.45) is 5.73 Å². The number of hydrogen-bond acceptors (Lipinski definition) is 2. The molecule has 0 spiro atoms. The van der Waals surface area contributed by atoms with Crippen LogP contribution in [0.15, 0.2) is 18.2 Å². The van der Waals surface area contributed by atoms with Crippen LogP contribution in [-0.4, -0.2) is 18.0 Å². The minimum atomic E-state index is -0.333. The van der Waals surface area contributed by atoms with Crippen LogP contribution in [0.2, 0.25) is 0 Å². The van der Waals surface area contributed by atoms with Gasteiger partial charge in [0.25, 0.3) is 5.91 Å². The molecule has 0 aromatic heterocycles. The molecule has 0 radical (unpaired) electrons. The smallest absolute Gasteiger partial charge is 0.252 e. The van der Waals surface area contributed by atoms with Gasteiger partial charge in [0, 0.05) is 15.7 Å². The van der Waals surface area contributed by atoms with E-state index < -0.39 is 0 Å². The van der Waals surface area contributed by atoms with Gasteiger partial charge in [-0.15, -0.1) is 12.4 Å². The van der Waals surface area contributed by atoms with Crippen molar-refractivity contribution in [2.45, 2.75) is 24.8 Å². The highest BCUT2D eigenvalue weighted by Crippen LogP contribution is 2.28. The number of nitrogens with two attached hydrogens (primary N) is 1. The monoisotopic (exact) mass is 384 g/mol. The molecule has 0 bridgehead atoms. The van der Waals surface area contributed by atoms with Crippen LogP contribution in [0.25, 0.3) is 0 Å². The Labute approximate surface area is 125 Å². The van der Waals surface area contributed by atoms with Crippen molar-refractivity contribution in [3.63, 3.8) is 0 Å². The summed E-state index contributed by atoms with van der Waals surface area (Å²) in [6.45, 7) is 0.485. The van der Waals surface area contributed by atoms with Crippen molar-refractivity contribution in [2.75, 3.05) is 6.54 Å². The lowest BCUT2D eigenvalue weighted by Crippen LogP contribution is -2.55. The zero-order valence-corrected chi connectivity index (χ0v) is 12.7. The molecule has 0 atom stereocenters. The van der Waals surface area contributed by atoms with Crippen molar-refractivity contribution in [1.82, 2.24) is 5.32 Å². The Hall–Kier alpha value is -0.400. The first-order chi connectivity index (χ1) is 8.00. The summed E-state index contributed by atoms with van der Waals surface area (Å²) in [7, 11) is 0. The highest BCUT2D eigenvalue weighted by Gasteiger charge is 2.32. The first kappa shape index (κ1) is 15.7. The van der Waals surface area contributed by atoms with Gasteiger partial charge in [-0.1, -0.05) is 0 Å². The number of nitrogens with one attached hydrogen (secondary N) is 1. The number of halogens is 3. The van der Waals surface area contributed by atoms with Gasteiger partial charge in [-0.2, -0.15) is 0 Å². The maximum atomic E-state index is 12.9. The van der Waals surface area contributed by atoms with Crippen molar-refractivity contribution in [1.29, 1.82) is 0 Å². The Morgan fingerprint density at radius 3 is 2.67 bits per heavy atom. The van der Waals surface area contributed by atoms with Crippen LogP contribution in [-0.2, 0) is 0 Å². The van der Waals surface area contributed by atoms with Crippen LogP contribution in [0.3, 0.4) is 0 Å². The van der Waals surface area contributed by atoms with Crippen molar-refractivity contribution in [3.8, 4) is 0 Å². The van der Waals surface area contributed by atoms with Gasteiger partial charge in [-0.05, 0) is 60.1 Å². The molecule has 1 amide bonds. The average molecular weight is 385 g/mol. The topological polar surface area (TPSA) is 55.1 Å². The Kier molecular flexibility index (Phi) is 5.36. The van der Waals surface area contributed by atoms with Crippen molar-refractivity contribution in [3.05, 3.63) is 33.1 Å². The highest BCUT2D eigenvalue weighted by atomic mass is 127. The van der Waals surface area contributed by atoms with E-state index in [0.29, 0.717) is 15.7 Å². The standard InChI is InChI=1S/C12H14FIN2O.ClH/c13-8-2-3-9(10(14)6-8)11(17)16-7-12(15)4-1-5-12;/h2-3,6H,1,4-5,7,15H2,(H,16,17);1H. The van der Waals surface area contributed by atoms with Crippen LogP contribution >= 0.6 is 35.0 Å². The second kappa shape index (κ2) is 6.16. The van der Waals surface area contributed by atoms with E-state index in [-0.39, 0.29) is 29.7 Å². The lowest BCUT2D eigenvalue weighted by atomic mass is 9.78. The van der Waals surface area contributed by atoms with E-state index in [0.717, 1.165) is 19.3 Å². The number of rotatable bonds is 3. The first-order valence-corrected chi connectivity index (χ1v) is 6.60. The molecule has 0 aliphatic heterocycles. The third-order valence-electron chi connectivity index (χ3n) is 3.13. The number of benzene rings is 1. The van der Waals surface area contributed by atoms with Crippen LogP contribution in [0.1, 0.15) is 29.6 Å². The Balaban J connectivity index is 0.00000162. The van der Waals surface area contributed by atoms with E-state index in [2.05, 4.69) is 5.32 Å². The molecular formula is C12H15ClFIN2O. The molecule has 1 aromatic carbocycles. The Bertz CT molecular complexity index is 452. The molecule has 1 fully saturated rings. The van der Waals surface area contributed by atoms with Gasteiger partial charge in [0.15, 0.2) is 0 Å². The summed E-state index contributed by atoms with van der Waals surface area (Å²) in [6, 6.07) is 4.13. The fourth-order valence-corrected chi connectivity index (χ4v) is 2.56. The van der Waals surface area contributed by atoms with Crippen LogP contribution in [0.4, 0.5) is 4.39 Å². The fraction of sp³-hybridized carbons (Fsp3) is 0.417. The predicted molar refractivity (Wildman–Crippen MR) is 79.5 cm³/mol. The summed E-state index contributed by atoms with van der Waals surface area (Å²) in [4.78, 5) is 11.9. The zero-order chi connectivity index (χ0) is 12.5. The van der Waals surface area contributed by atoms with E-state index >= 15 is 0 Å². The molecule has 2 rings (SSSR count). The quantitative estimate of drug-likeness (QED) is 0.787. The van der Waals surface area contributed by atoms with Crippen LogP contribution < -0.4 is 11.1 Å². The SMILES string of the molecule is Cl.NC1(CNC(=O)c2ccc(F)cc2I)CCC1. The normalized spacial score (nSPS) is 16.4. The summed E-state index contributed by atoms with van der Waals surface area (Å²) in [5, 5.41) is 2.81. The predicted octanol–water partition coefficient (Wildman–Crippen LogP) is 2.46. The van der Waals surface area contributed by atoms with Crippen LogP contribution in [0, 0.1) is 9.39 Å². The number of amides is 1. The van der Waals surface area contributed by atoms with Gasteiger partial charge in [-0.3, -0.25) is 4.79 Å². The van der Waals surface area contributed by atoms with Crippen molar-refractivity contribution >= 4 is 40.9 Å². The zero-order valence-electron chi connectivity index (χ0n) is 9.71. The summed E-state index contributed by atoms with van der Waals surface area (Å²) in [5.74, 6) is -0.522. The van der Waals surface area contributed by atoms with E-state index in [1.165, 1.54) is 18.2 Å². The summed E-state index contributed by atoms with van der Waals surface area (Å²) in [5.41, 5.74) is 6.28. The molecule has 0 unspecified atom stereocenters.